The number of aryl methyl sites for hydroxylation is 1. The normalized spacial score (nSPS) is 34.2. The van der Waals surface area contributed by atoms with E-state index in [9.17, 15) is 0 Å². The van der Waals surface area contributed by atoms with Crippen LogP contribution in [0.15, 0.2) is 72.4 Å². The molecule has 0 amide bonds. The first-order valence-corrected chi connectivity index (χ1v) is 14.8. The molecule has 6 rings (SSSR count). The van der Waals surface area contributed by atoms with Crippen molar-refractivity contribution in [3.63, 3.8) is 0 Å². The summed E-state index contributed by atoms with van der Waals surface area (Å²) in [5.74, 6) is 4.59. The van der Waals surface area contributed by atoms with E-state index in [4.69, 9.17) is 0 Å². The van der Waals surface area contributed by atoms with Gasteiger partial charge in [0.2, 0.25) is 0 Å². The molecule has 3 bridgehead atoms. The second-order valence-corrected chi connectivity index (χ2v) is 13.4. The van der Waals surface area contributed by atoms with E-state index in [2.05, 4.69) is 88.9 Å². The van der Waals surface area contributed by atoms with Crippen LogP contribution in [0.3, 0.4) is 0 Å². The summed E-state index contributed by atoms with van der Waals surface area (Å²) in [5, 5.41) is 2.81. The van der Waals surface area contributed by atoms with Crippen LogP contribution in [-0.4, -0.2) is 0 Å². The fourth-order valence-corrected chi connectivity index (χ4v) is 9.98. The Morgan fingerprint density at radius 3 is 2.69 bits per heavy atom. The van der Waals surface area contributed by atoms with Crippen molar-refractivity contribution in [2.75, 3.05) is 0 Å². The summed E-state index contributed by atoms with van der Waals surface area (Å²) >= 11 is 0. The molecule has 6 unspecified atom stereocenters. The summed E-state index contributed by atoms with van der Waals surface area (Å²) in [5.41, 5.74) is 7.05. The Balaban J connectivity index is 1.34. The van der Waals surface area contributed by atoms with Gasteiger partial charge < -0.3 is 0 Å². The molecule has 4 aliphatic rings. The maximum Gasteiger partial charge on any atom is -0.0152 e. The minimum absolute atomic E-state index is 0.552. The monoisotopic (exact) mass is 478 g/mol. The van der Waals surface area contributed by atoms with Crippen LogP contribution in [0, 0.1) is 47.3 Å². The molecule has 36 heavy (non-hydrogen) atoms. The Morgan fingerprint density at radius 1 is 1.06 bits per heavy atom. The molecule has 190 valence electrons. The zero-order valence-electron chi connectivity index (χ0n) is 23.2. The van der Waals surface area contributed by atoms with Crippen LogP contribution in [0.2, 0.25) is 0 Å². The van der Waals surface area contributed by atoms with Crippen LogP contribution < -0.4 is 0 Å². The SMILES string of the molecule is C=C(/C=C\C(C)=C\C)CC([C@@H](CC)Cc1ccc2ccccc2c1C)C12CC3CC4CC(C1)C4(C3)C2. The van der Waals surface area contributed by atoms with Crippen LogP contribution >= 0.6 is 0 Å². The molecule has 0 nitrogen and oxygen atoms in total. The third-order valence-electron chi connectivity index (χ3n) is 11.7. The number of hydrogen-bond acceptors (Lipinski definition) is 0. The quantitative estimate of drug-likeness (QED) is 0.314. The lowest BCUT2D eigenvalue weighted by Crippen LogP contribution is -2.43. The van der Waals surface area contributed by atoms with E-state index < -0.39 is 0 Å². The van der Waals surface area contributed by atoms with Crippen LogP contribution in [-0.2, 0) is 6.42 Å². The average Bonchev–Trinajstić information content (AvgIpc) is 3.20. The summed E-state index contributed by atoms with van der Waals surface area (Å²) in [6, 6.07) is 13.7. The third kappa shape index (κ3) is 3.77. The highest BCUT2D eigenvalue weighted by atomic mass is 14.8. The van der Waals surface area contributed by atoms with Crippen molar-refractivity contribution < 1.29 is 0 Å². The van der Waals surface area contributed by atoms with Crippen molar-refractivity contribution in [3.8, 4) is 0 Å². The molecule has 2 aromatic carbocycles. The van der Waals surface area contributed by atoms with E-state index in [1.54, 1.807) is 24.8 Å². The van der Waals surface area contributed by atoms with Crippen molar-refractivity contribution in [1.82, 2.24) is 0 Å². The van der Waals surface area contributed by atoms with Gasteiger partial charge in [-0.15, -0.1) is 0 Å². The van der Waals surface area contributed by atoms with Crippen molar-refractivity contribution in [3.05, 3.63) is 83.5 Å². The van der Waals surface area contributed by atoms with Gasteiger partial charge in [0.05, 0.1) is 0 Å². The highest BCUT2D eigenvalue weighted by Gasteiger charge is 2.72. The fraction of sp³-hybridized carbons (Fsp3) is 0.556. The van der Waals surface area contributed by atoms with Gasteiger partial charge in [0, 0.05) is 0 Å². The molecule has 2 aromatic rings. The molecule has 0 aromatic heterocycles. The van der Waals surface area contributed by atoms with E-state index >= 15 is 0 Å². The molecular formula is C36H46. The molecule has 4 saturated carbocycles. The Labute approximate surface area is 220 Å². The van der Waals surface area contributed by atoms with Gasteiger partial charge in [0.25, 0.3) is 0 Å². The fourth-order valence-electron chi connectivity index (χ4n) is 9.98. The van der Waals surface area contributed by atoms with E-state index in [0.29, 0.717) is 5.41 Å². The first-order chi connectivity index (χ1) is 17.4. The van der Waals surface area contributed by atoms with Gasteiger partial charge in [-0.1, -0.05) is 85.7 Å². The van der Waals surface area contributed by atoms with E-state index in [0.717, 1.165) is 35.0 Å². The van der Waals surface area contributed by atoms with Gasteiger partial charge in [-0.25, -0.2) is 0 Å². The van der Waals surface area contributed by atoms with Crippen LogP contribution in [0.4, 0.5) is 0 Å². The highest BCUT2D eigenvalue weighted by molar-refractivity contribution is 5.86. The largest absolute Gasteiger partial charge is 0.0958 e. The molecule has 0 saturated heterocycles. The average molecular weight is 479 g/mol. The van der Waals surface area contributed by atoms with Crippen molar-refractivity contribution in [2.45, 2.75) is 85.5 Å². The summed E-state index contributed by atoms with van der Waals surface area (Å²) in [6.07, 6.45) is 19.7. The van der Waals surface area contributed by atoms with Gasteiger partial charge in [-0.2, -0.15) is 0 Å². The Hall–Kier alpha value is -2.08. The third-order valence-corrected chi connectivity index (χ3v) is 11.7. The van der Waals surface area contributed by atoms with Crippen LogP contribution in [0.25, 0.3) is 10.8 Å². The van der Waals surface area contributed by atoms with Gasteiger partial charge in [-0.05, 0) is 134 Å². The van der Waals surface area contributed by atoms with Gasteiger partial charge in [0.15, 0.2) is 0 Å². The molecule has 4 aliphatic carbocycles. The summed E-state index contributed by atoms with van der Waals surface area (Å²) in [6.45, 7) is 13.8. The summed E-state index contributed by atoms with van der Waals surface area (Å²) in [7, 11) is 0. The minimum Gasteiger partial charge on any atom is -0.0958 e. The highest BCUT2D eigenvalue weighted by Crippen LogP contribution is 2.80. The van der Waals surface area contributed by atoms with Crippen molar-refractivity contribution in [1.29, 1.82) is 0 Å². The molecule has 0 heterocycles. The lowest BCUT2D eigenvalue weighted by Gasteiger charge is -2.50. The van der Waals surface area contributed by atoms with Crippen molar-refractivity contribution in [2.24, 2.45) is 40.4 Å². The Morgan fingerprint density at radius 2 is 1.89 bits per heavy atom. The van der Waals surface area contributed by atoms with Crippen molar-refractivity contribution >= 4 is 10.8 Å². The van der Waals surface area contributed by atoms with E-state index in [1.165, 1.54) is 66.0 Å². The molecule has 4 fully saturated rings. The minimum atomic E-state index is 0.552. The lowest BCUT2D eigenvalue weighted by molar-refractivity contribution is -0.0112. The lowest BCUT2D eigenvalue weighted by atomic mass is 9.54. The van der Waals surface area contributed by atoms with Gasteiger partial charge in [-0.3, -0.25) is 0 Å². The smallest absolute Gasteiger partial charge is 0.0152 e. The number of benzene rings is 2. The predicted molar refractivity (Wildman–Crippen MR) is 155 cm³/mol. The Kier molecular flexibility index (Phi) is 6.09. The molecule has 0 aliphatic heterocycles. The first kappa shape index (κ1) is 24.3. The van der Waals surface area contributed by atoms with Gasteiger partial charge in [0.1, 0.15) is 0 Å². The molecule has 0 heteroatoms. The van der Waals surface area contributed by atoms with Crippen LogP contribution in [0.1, 0.15) is 83.3 Å². The standard InChI is InChI=1S/C36H46/c1-6-24(3)12-13-25(4)16-34(35-20-27-17-31-19-32(22-35)36(31,21-27)23-35)28(7-2)18-30-15-14-29-10-8-9-11-33(29)26(30)5/h6,8-15,27-28,31-32,34H,4,7,16-23H2,1-3,5H3/b13-12-,24-6+/t27?,28-,31?,32?,34?,35?,36?/m0/s1. The molecular weight excluding hydrogens is 432 g/mol. The zero-order chi connectivity index (χ0) is 25.1. The maximum absolute atomic E-state index is 4.62. The second kappa shape index (κ2) is 9.04. The first-order valence-electron chi connectivity index (χ1n) is 14.8. The molecule has 0 N–H and O–H groups in total. The number of allylic oxidation sites excluding steroid dienone is 5. The topological polar surface area (TPSA) is 0 Å². The summed E-state index contributed by atoms with van der Waals surface area (Å²) in [4.78, 5) is 0. The maximum atomic E-state index is 4.62. The number of hydrogen-bond donors (Lipinski definition) is 0. The zero-order valence-corrected chi connectivity index (χ0v) is 23.2. The predicted octanol–water partition coefficient (Wildman–Crippen LogP) is 10.0. The molecule has 0 radical (unpaired) electrons. The van der Waals surface area contributed by atoms with E-state index in [1.807, 2.05) is 0 Å². The van der Waals surface area contributed by atoms with Gasteiger partial charge >= 0.3 is 0 Å². The van der Waals surface area contributed by atoms with Crippen LogP contribution in [0.5, 0.6) is 0 Å². The number of fused-ring (bicyclic) bond motifs is 3. The van der Waals surface area contributed by atoms with E-state index in [-0.39, 0.29) is 0 Å². The second-order valence-electron chi connectivity index (χ2n) is 13.4. The Bertz CT molecular complexity index is 1220. The summed E-state index contributed by atoms with van der Waals surface area (Å²) < 4.78 is 0. The molecule has 7 atom stereocenters. The molecule has 1 spiro atoms. The number of rotatable bonds is 9.